The zero-order valence-electron chi connectivity index (χ0n) is 9.85. The van der Waals surface area contributed by atoms with Crippen LogP contribution in [0.4, 0.5) is 0 Å². The van der Waals surface area contributed by atoms with Crippen LogP contribution in [0.5, 0.6) is 0 Å². The van der Waals surface area contributed by atoms with Crippen LogP contribution < -0.4 is 5.32 Å². The van der Waals surface area contributed by atoms with E-state index in [2.05, 4.69) is 10.3 Å². The highest BCUT2D eigenvalue weighted by atomic mass is 16.3. The van der Waals surface area contributed by atoms with Crippen molar-refractivity contribution in [1.29, 1.82) is 0 Å². The summed E-state index contributed by atoms with van der Waals surface area (Å²) < 4.78 is 0. The Kier molecular flexibility index (Phi) is 3.74. The summed E-state index contributed by atoms with van der Waals surface area (Å²) in [5.41, 5.74) is 0.789. The lowest BCUT2D eigenvalue weighted by Crippen LogP contribution is -2.56. The second kappa shape index (κ2) is 5.27. The van der Waals surface area contributed by atoms with Gasteiger partial charge in [-0.1, -0.05) is 0 Å². The van der Waals surface area contributed by atoms with Crippen LogP contribution in [0, 0.1) is 0 Å². The van der Waals surface area contributed by atoms with Crippen molar-refractivity contribution < 1.29 is 9.90 Å². The van der Waals surface area contributed by atoms with Crippen molar-refractivity contribution >= 4 is 5.91 Å². The number of hydrogen-bond acceptors (Lipinski definition) is 3. The van der Waals surface area contributed by atoms with E-state index in [-0.39, 0.29) is 18.1 Å². The monoisotopic (exact) mass is 234 g/mol. The molecule has 0 atom stereocenters. The molecule has 1 saturated carbocycles. The van der Waals surface area contributed by atoms with Crippen LogP contribution in [-0.2, 0) is 11.2 Å². The first-order valence-corrected chi connectivity index (χ1v) is 6.05. The Hall–Kier alpha value is -1.42. The molecule has 0 bridgehead atoms. The van der Waals surface area contributed by atoms with E-state index in [9.17, 15) is 9.90 Å². The largest absolute Gasteiger partial charge is 0.394 e. The molecule has 4 nitrogen and oxygen atoms in total. The van der Waals surface area contributed by atoms with Crippen LogP contribution in [0.2, 0.25) is 0 Å². The third-order valence-corrected chi connectivity index (χ3v) is 3.41. The van der Waals surface area contributed by atoms with Gasteiger partial charge in [-0.2, -0.15) is 0 Å². The zero-order chi connectivity index (χ0) is 12.1. The highest BCUT2D eigenvalue weighted by Crippen LogP contribution is 2.31. The van der Waals surface area contributed by atoms with Gasteiger partial charge in [0.25, 0.3) is 0 Å². The number of aromatic nitrogens is 1. The van der Waals surface area contributed by atoms with Gasteiger partial charge in [0.15, 0.2) is 0 Å². The summed E-state index contributed by atoms with van der Waals surface area (Å²) >= 11 is 0. The van der Waals surface area contributed by atoms with Gasteiger partial charge in [-0.15, -0.1) is 0 Å². The van der Waals surface area contributed by atoms with Gasteiger partial charge in [-0.25, -0.2) is 0 Å². The molecule has 92 valence electrons. The maximum Gasteiger partial charge on any atom is 0.220 e. The van der Waals surface area contributed by atoms with Crippen molar-refractivity contribution in [1.82, 2.24) is 10.3 Å². The van der Waals surface area contributed by atoms with Crippen LogP contribution in [-0.4, -0.2) is 28.1 Å². The average Bonchev–Trinajstić information content (AvgIpc) is 2.33. The normalized spacial score (nSPS) is 17.2. The number of aryl methyl sites for hydroxylation is 1. The molecule has 0 spiro atoms. The second-order valence-electron chi connectivity index (χ2n) is 4.70. The minimum absolute atomic E-state index is 0.0237. The lowest BCUT2D eigenvalue weighted by Gasteiger charge is -2.41. The molecule has 17 heavy (non-hydrogen) atoms. The fourth-order valence-electron chi connectivity index (χ4n) is 2.09. The van der Waals surface area contributed by atoms with Crippen LogP contribution in [0.1, 0.15) is 31.2 Å². The number of nitrogens with one attached hydrogen (secondary N) is 1. The highest BCUT2D eigenvalue weighted by molar-refractivity contribution is 5.77. The molecule has 0 saturated heterocycles. The second-order valence-corrected chi connectivity index (χ2v) is 4.70. The fraction of sp³-hybridized carbons (Fsp3) is 0.538. The summed E-state index contributed by atoms with van der Waals surface area (Å²) in [5.74, 6) is 0.0237. The summed E-state index contributed by atoms with van der Waals surface area (Å²) in [6.07, 6.45) is 7.52. The summed E-state index contributed by atoms with van der Waals surface area (Å²) in [6, 6.07) is 3.83. The molecular formula is C13H18N2O2. The molecule has 1 aliphatic rings. The number of nitrogens with zero attached hydrogens (tertiary/aromatic N) is 1. The molecule has 4 heteroatoms. The summed E-state index contributed by atoms with van der Waals surface area (Å²) in [4.78, 5) is 15.7. The van der Waals surface area contributed by atoms with Crippen LogP contribution in [0.3, 0.4) is 0 Å². The fourth-order valence-corrected chi connectivity index (χ4v) is 2.09. The molecule has 1 fully saturated rings. The number of pyridine rings is 1. The molecule has 0 radical (unpaired) electrons. The SMILES string of the molecule is O=C(CCc1ccncc1)NC1(CO)CCC1. The van der Waals surface area contributed by atoms with E-state index >= 15 is 0 Å². The topological polar surface area (TPSA) is 62.2 Å². The predicted octanol–water partition coefficient (Wildman–Crippen LogP) is 1.05. The van der Waals surface area contributed by atoms with E-state index in [1.807, 2.05) is 12.1 Å². The molecular weight excluding hydrogens is 216 g/mol. The minimum atomic E-state index is -0.324. The van der Waals surface area contributed by atoms with E-state index in [4.69, 9.17) is 0 Å². The smallest absolute Gasteiger partial charge is 0.220 e. The Bertz CT molecular complexity index is 369. The van der Waals surface area contributed by atoms with Crippen LogP contribution >= 0.6 is 0 Å². The van der Waals surface area contributed by atoms with Gasteiger partial charge >= 0.3 is 0 Å². The van der Waals surface area contributed by atoms with Gasteiger partial charge in [0.1, 0.15) is 0 Å². The number of hydrogen-bond donors (Lipinski definition) is 2. The molecule has 1 aliphatic carbocycles. The number of aliphatic hydroxyl groups excluding tert-OH is 1. The molecule has 2 rings (SSSR count). The van der Waals surface area contributed by atoms with E-state index in [0.717, 1.165) is 31.2 Å². The predicted molar refractivity (Wildman–Crippen MR) is 64.4 cm³/mol. The van der Waals surface area contributed by atoms with Gasteiger partial charge in [-0.3, -0.25) is 9.78 Å². The number of aliphatic hydroxyl groups is 1. The molecule has 1 amide bonds. The molecule has 1 heterocycles. The molecule has 2 N–H and O–H groups in total. The van der Waals surface area contributed by atoms with Crippen LogP contribution in [0.25, 0.3) is 0 Å². The average molecular weight is 234 g/mol. The van der Waals surface area contributed by atoms with Crippen LogP contribution in [0.15, 0.2) is 24.5 Å². The lowest BCUT2D eigenvalue weighted by atomic mass is 9.77. The van der Waals surface area contributed by atoms with Crippen molar-refractivity contribution in [2.75, 3.05) is 6.61 Å². The maximum atomic E-state index is 11.7. The van der Waals surface area contributed by atoms with Crippen molar-refractivity contribution in [3.05, 3.63) is 30.1 Å². The summed E-state index contributed by atoms with van der Waals surface area (Å²) in [6.45, 7) is 0.0496. The first kappa shape index (κ1) is 12.0. The van der Waals surface area contributed by atoms with Crippen molar-refractivity contribution in [3.8, 4) is 0 Å². The lowest BCUT2D eigenvalue weighted by molar-refractivity contribution is -0.125. The van der Waals surface area contributed by atoms with E-state index < -0.39 is 0 Å². The van der Waals surface area contributed by atoms with E-state index in [1.54, 1.807) is 12.4 Å². The quantitative estimate of drug-likeness (QED) is 0.800. The summed E-state index contributed by atoms with van der Waals surface area (Å²) in [5, 5.41) is 12.2. The maximum absolute atomic E-state index is 11.7. The van der Waals surface area contributed by atoms with Gasteiger partial charge in [-0.05, 0) is 43.4 Å². The van der Waals surface area contributed by atoms with Crippen molar-refractivity contribution in [2.24, 2.45) is 0 Å². The van der Waals surface area contributed by atoms with Gasteiger partial charge in [0.2, 0.25) is 5.91 Å². The van der Waals surface area contributed by atoms with Crippen molar-refractivity contribution in [2.45, 2.75) is 37.6 Å². The number of rotatable bonds is 5. The molecule has 0 aromatic carbocycles. The summed E-state index contributed by atoms with van der Waals surface area (Å²) in [7, 11) is 0. The third kappa shape index (κ3) is 3.03. The first-order chi connectivity index (χ1) is 8.24. The standard InChI is InChI=1S/C13H18N2O2/c16-10-13(6-1-7-13)15-12(17)3-2-11-4-8-14-9-5-11/h4-5,8-9,16H,1-3,6-7,10H2,(H,15,17). The van der Waals surface area contributed by atoms with Gasteiger partial charge < -0.3 is 10.4 Å². The Morgan fingerprint density at radius 1 is 1.41 bits per heavy atom. The third-order valence-electron chi connectivity index (χ3n) is 3.41. The van der Waals surface area contributed by atoms with Crippen molar-refractivity contribution in [3.63, 3.8) is 0 Å². The number of carbonyl (C=O) groups is 1. The number of carbonyl (C=O) groups excluding carboxylic acids is 1. The minimum Gasteiger partial charge on any atom is -0.394 e. The molecule has 0 unspecified atom stereocenters. The molecule has 1 aromatic heterocycles. The number of amides is 1. The van der Waals surface area contributed by atoms with Gasteiger partial charge in [0.05, 0.1) is 12.1 Å². The van der Waals surface area contributed by atoms with E-state index in [0.29, 0.717) is 6.42 Å². The molecule has 1 aromatic rings. The Balaban J connectivity index is 1.78. The Morgan fingerprint density at radius 2 is 2.12 bits per heavy atom. The van der Waals surface area contributed by atoms with Gasteiger partial charge in [0, 0.05) is 18.8 Å². The first-order valence-electron chi connectivity index (χ1n) is 6.05. The Labute approximate surface area is 101 Å². The zero-order valence-corrected chi connectivity index (χ0v) is 9.85. The molecule has 0 aliphatic heterocycles. The van der Waals surface area contributed by atoms with E-state index in [1.165, 1.54) is 0 Å². The Morgan fingerprint density at radius 3 is 2.65 bits per heavy atom. The highest BCUT2D eigenvalue weighted by Gasteiger charge is 2.37.